The Balaban J connectivity index is 1.63. The predicted octanol–water partition coefficient (Wildman–Crippen LogP) is 6.36. The van der Waals surface area contributed by atoms with Gasteiger partial charge < -0.3 is 0 Å². The number of fused-ring (bicyclic) bond motifs is 2. The van der Waals surface area contributed by atoms with Crippen molar-refractivity contribution in [3.8, 4) is 11.1 Å². The maximum Gasteiger partial charge on any atom is 0.188 e. The van der Waals surface area contributed by atoms with Gasteiger partial charge in [-0.1, -0.05) is 60.2 Å². The van der Waals surface area contributed by atoms with Crippen LogP contribution in [0.15, 0.2) is 85.2 Å². The molecule has 5 aromatic rings. The molecule has 0 saturated heterocycles. The summed E-state index contributed by atoms with van der Waals surface area (Å²) in [6.45, 7) is 3.96. The number of allylic oxidation sites excluding steroid dienone is 1. The SMILES string of the molecule is Cc1ccc(-c2c(C(=O)/C=C\c3ccc4nccnc4c3)c(C)nc3ccccc23)cc1. The van der Waals surface area contributed by atoms with Crippen molar-refractivity contribution in [1.29, 1.82) is 0 Å². The van der Waals surface area contributed by atoms with Gasteiger partial charge in [-0.3, -0.25) is 19.7 Å². The summed E-state index contributed by atoms with van der Waals surface area (Å²) in [5.74, 6) is -0.0735. The van der Waals surface area contributed by atoms with Crippen LogP contribution in [-0.4, -0.2) is 20.7 Å². The summed E-state index contributed by atoms with van der Waals surface area (Å²) in [5.41, 5.74) is 7.86. The van der Waals surface area contributed by atoms with E-state index in [-0.39, 0.29) is 5.78 Å². The van der Waals surface area contributed by atoms with Crippen LogP contribution >= 0.6 is 0 Å². The largest absolute Gasteiger partial charge is 0.289 e. The van der Waals surface area contributed by atoms with Gasteiger partial charge in [0.25, 0.3) is 0 Å². The van der Waals surface area contributed by atoms with Gasteiger partial charge in [0.1, 0.15) is 0 Å². The van der Waals surface area contributed by atoms with E-state index in [2.05, 4.69) is 41.2 Å². The zero-order valence-electron chi connectivity index (χ0n) is 17.9. The van der Waals surface area contributed by atoms with E-state index < -0.39 is 0 Å². The first-order valence-corrected chi connectivity index (χ1v) is 10.5. The second-order valence-electron chi connectivity index (χ2n) is 7.83. The average Bonchev–Trinajstić information content (AvgIpc) is 2.82. The van der Waals surface area contributed by atoms with E-state index in [0.717, 1.165) is 44.3 Å². The van der Waals surface area contributed by atoms with E-state index in [1.807, 2.05) is 55.5 Å². The highest BCUT2D eigenvalue weighted by Gasteiger charge is 2.18. The average molecular weight is 415 g/mol. The van der Waals surface area contributed by atoms with Gasteiger partial charge in [-0.2, -0.15) is 0 Å². The van der Waals surface area contributed by atoms with Gasteiger partial charge in [-0.25, -0.2) is 0 Å². The van der Waals surface area contributed by atoms with Gasteiger partial charge in [0.15, 0.2) is 5.78 Å². The van der Waals surface area contributed by atoms with Gasteiger partial charge in [-0.15, -0.1) is 0 Å². The Hall–Kier alpha value is -4.18. The number of hydrogen-bond donors (Lipinski definition) is 0. The number of ketones is 1. The lowest BCUT2D eigenvalue weighted by atomic mass is 9.91. The molecule has 0 fully saturated rings. The minimum atomic E-state index is -0.0735. The van der Waals surface area contributed by atoms with E-state index in [1.165, 1.54) is 5.56 Å². The standard InChI is InChI=1S/C28H21N3O/c1-18-7-11-21(12-8-18)28-22-5-3-4-6-23(22)31-19(2)27(28)26(32)14-10-20-9-13-24-25(17-20)30-16-15-29-24/h3-17H,1-2H3/b14-10-. The fraction of sp³-hybridized carbons (Fsp3) is 0.0714. The van der Waals surface area contributed by atoms with Crippen molar-refractivity contribution in [2.45, 2.75) is 13.8 Å². The summed E-state index contributed by atoms with van der Waals surface area (Å²) in [5, 5.41) is 0.972. The monoisotopic (exact) mass is 415 g/mol. The van der Waals surface area contributed by atoms with Crippen molar-refractivity contribution < 1.29 is 4.79 Å². The lowest BCUT2D eigenvalue weighted by molar-refractivity contribution is 0.104. The molecule has 3 aromatic carbocycles. The molecule has 2 aromatic heterocycles. The fourth-order valence-corrected chi connectivity index (χ4v) is 4.00. The molecule has 0 unspecified atom stereocenters. The van der Waals surface area contributed by atoms with Crippen LogP contribution in [0.4, 0.5) is 0 Å². The summed E-state index contributed by atoms with van der Waals surface area (Å²) in [6, 6.07) is 22.0. The summed E-state index contributed by atoms with van der Waals surface area (Å²) >= 11 is 0. The minimum Gasteiger partial charge on any atom is -0.289 e. The van der Waals surface area contributed by atoms with E-state index >= 15 is 0 Å². The Morgan fingerprint density at radius 2 is 1.56 bits per heavy atom. The van der Waals surface area contributed by atoms with Gasteiger partial charge in [0, 0.05) is 29.0 Å². The van der Waals surface area contributed by atoms with Gasteiger partial charge in [0.05, 0.1) is 22.1 Å². The highest BCUT2D eigenvalue weighted by Crippen LogP contribution is 2.33. The second kappa shape index (κ2) is 8.16. The first-order valence-electron chi connectivity index (χ1n) is 10.5. The van der Waals surface area contributed by atoms with E-state index in [4.69, 9.17) is 4.98 Å². The molecule has 32 heavy (non-hydrogen) atoms. The molecule has 5 rings (SSSR count). The first kappa shape index (κ1) is 19.8. The van der Waals surface area contributed by atoms with Crippen molar-refractivity contribution in [2.75, 3.05) is 0 Å². The van der Waals surface area contributed by atoms with E-state index in [0.29, 0.717) is 5.56 Å². The summed E-state index contributed by atoms with van der Waals surface area (Å²) in [6.07, 6.45) is 6.78. The first-order chi connectivity index (χ1) is 15.6. The maximum atomic E-state index is 13.5. The zero-order valence-corrected chi connectivity index (χ0v) is 17.9. The summed E-state index contributed by atoms with van der Waals surface area (Å²) in [7, 11) is 0. The molecule has 0 saturated carbocycles. The molecule has 2 heterocycles. The van der Waals surface area contributed by atoms with Crippen LogP contribution in [0.25, 0.3) is 39.1 Å². The Morgan fingerprint density at radius 1 is 0.812 bits per heavy atom. The summed E-state index contributed by atoms with van der Waals surface area (Å²) < 4.78 is 0. The molecule has 0 spiro atoms. The third kappa shape index (κ3) is 3.67. The highest BCUT2D eigenvalue weighted by atomic mass is 16.1. The molecule has 0 aliphatic rings. The van der Waals surface area contributed by atoms with Crippen LogP contribution in [-0.2, 0) is 0 Å². The van der Waals surface area contributed by atoms with E-state index in [9.17, 15) is 4.79 Å². The molecule has 0 amide bonds. The van der Waals surface area contributed by atoms with E-state index in [1.54, 1.807) is 18.5 Å². The molecular weight excluding hydrogens is 394 g/mol. The van der Waals surface area contributed by atoms with Crippen molar-refractivity contribution in [2.24, 2.45) is 0 Å². The second-order valence-corrected chi connectivity index (χ2v) is 7.83. The van der Waals surface area contributed by atoms with Crippen molar-refractivity contribution in [1.82, 2.24) is 15.0 Å². The molecule has 154 valence electrons. The number of carbonyl (C=O) groups excluding carboxylic acids is 1. The van der Waals surface area contributed by atoms with Crippen molar-refractivity contribution >= 4 is 33.8 Å². The topological polar surface area (TPSA) is 55.7 Å². The molecule has 0 N–H and O–H groups in total. The lowest BCUT2D eigenvalue weighted by Gasteiger charge is -2.14. The normalized spacial score (nSPS) is 11.4. The lowest BCUT2D eigenvalue weighted by Crippen LogP contribution is -2.05. The number of hydrogen-bond acceptors (Lipinski definition) is 4. The Kier molecular flexibility index (Phi) is 5.04. The van der Waals surface area contributed by atoms with Crippen molar-refractivity contribution in [3.05, 3.63) is 108 Å². The van der Waals surface area contributed by atoms with Crippen LogP contribution in [0, 0.1) is 13.8 Å². The number of aromatic nitrogens is 3. The van der Waals surface area contributed by atoms with Crippen LogP contribution in [0.5, 0.6) is 0 Å². The number of nitrogens with zero attached hydrogens (tertiary/aromatic N) is 3. The molecule has 0 radical (unpaired) electrons. The molecule has 0 aliphatic carbocycles. The summed E-state index contributed by atoms with van der Waals surface area (Å²) in [4.78, 5) is 26.8. The Bertz CT molecular complexity index is 1500. The van der Waals surface area contributed by atoms with Gasteiger partial charge in [-0.05, 0) is 49.2 Å². The van der Waals surface area contributed by atoms with Gasteiger partial charge >= 0.3 is 0 Å². The Labute approximate surface area is 186 Å². The number of aryl methyl sites for hydroxylation is 2. The number of para-hydroxylation sites is 1. The molecule has 0 aliphatic heterocycles. The number of benzene rings is 3. The third-order valence-corrected chi connectivity index (χ3v) is 5.58. The highest BCUT2D eigenvalue weighted by molar-refractivity contribution is 6.16. The zero-order chi connectivity index (χ0) is 22.1. The fourth-order valence-electron chi connectivity index (χ4n) is 4.00. The molecule has 4 heteroatoms. The van der Waals surface area contributed by atoms with Crippen molar-refractivity contribution in [3.63, 3.8) is 0 Å². The third-order valence-electron chi connectivity index (χ3n) is 5.58. The Morgan fingerprint density at radius 3 is 2.38 bits per heavy atom. The molecular formula is C28H21N3O. The maximum absolute atomic E-state index is 13.5. The minimum absolute atomic E-state index is 0.0735. The number of pyridine rings is 1. The smallest absolute Gasteiger partial charge is 0.188 e. The van der Waals surface area contributed by atoms with Crippen LogP contribution in [0.1, 0.15) is 27.2 Å². The molecule has 0 atom stereocenters. The van der Waals surface area contributed by atoms with Gasteiger partial charge in [0.2, 0.25) is 0 Å². The quantitative estimate of drug-likeness (QED) is 0.253. The van der Waals surface area contributed by atoms with Crippen LogP contribution in [0.3, 0.4) is 0 Å². The number of carbonyl (C=O) groups is 1. The van der Waals surface area contributed by atoms with Crippen LogP contribution in [0.2, 0.25) is 0 Å². The predicted molar refractivity (Wildman–Crippen MR) is 130 cm³/mol. The number of rotatable bonds is 4. The molecule has 4 nitrogen and oxygen atoms in total. The van der Waals surface area contributed by atoms with Crippen LogP contribution < -0.4 is 0 Å². The molecule has 0 bridgehead atoms.